The first kappa shape index (κ1) is 10.2. The van der Waals surface area contributed by atoms with Crippen LogP contribution in [0.3, 0.4) is 0 Å². The van der Waals surface area contributed by atoms with Gasteiger partial charge in [-0.15, -0.1) is 0 Å². The number of rotatable bonds is 2. The molecule has 0 spiro atoms. The second kappa shape index (κ2) is 4.06. The molecule has 78 valence electrons. The van der Waals surface area contributed by atoms with E-state index in [2.05, 4.69) is 34.0 Å². The molecular formula is C11H12BrN3. The number of nitrogen functional groups attached to an aromatic ring is 1. The molecule has 0 fully saturated rings. The number of anilines is 1. The first-order valence-corrected chi connectivity index (χ1v) is 5.60. The van der Waals surface area contributed by atoms with E-state index in [-0.39, 0.29) is 0 Å². The minimum Gasteiger partial charge on any atom is -0.382 e. The molecule has 0 aliphatic heterocycles. The van der Waals surface area contributed by atoms with Crippen molar-refractivity contribution in [3.8, 4) is 5.69 Å². The number of nitrogens with two attached hydrogens (primary N) is 1. The predicted octanol–water partition coefficient (Wildman–Crippen LogP) is 2.78. The number of benzene rings is 1. The van der Waals surface area contributed by atoms with Crippen molar-refractivity contribution in [2.45, 2.75) is 13.3 Å². The van der Waals surface area contributed by atoms with Gasteiger partial charge < -0.3 is 5.73 Å². The van der Waals surface area contributed by atoms with E-state index in [1.54, 1.807) is 10.7 Å². The molecule has 4 heteroatoms. The van der Waals surface area contributed by atoms with Crippen molar-refractivity contribution in [1.82, 2.24) is 9.78 Å². The number of hydrogen-bond acceptors (Lipinski definition) is 2. The van der Waals surface area contributed by atoms with Crippen LogP contribution in [0.2, 0.25) is 0 Å². The molecule has 2 aromatic rings. The van der Waals surface area contributed by atoms with Gasteiger partial charge in [0, 0.05) is 16.7 Å². The second-order valence-corrected chi connectivity index (χ2v) is 4.23. The lowest BCUT2D eigenvalue weighted by molar-refractivity contribution is 0.867. The summed E-state index contributed by atoms with van der Waals surface area (Å²) in [6, 6.07) is 7.94. The number of hydrogen-bond donors (Lipinski definition) is 1. The van der Waals surface area contributed by atoms with E-state index in [1.807, 2.05) is 18.3 Å². The molecule has 0 unspecified atom stereocenters. The highest BCUT2D eigenvalue weighted by Gasteiger charge is 2.04. The summed E-state index contributed by atoms with van der Waals surface area (Å²) in [7, 11) is 0. The van der Waals surface area contributed by atoms with Gasteiger partial charge in [0.05, 0.1) is 5.69 Å². The van der Waals surface area contributed by atoms with E-state index in [0.717, 1.165) is 16.6 Å². The molecule has 0 saturated carbocycles. The quantitative estimate of drug-likeness (QED) is 0.908. The molecule has 0 amide bonds. The predicted molar refractivity (Wildman–Crippen MR) is 65.1 cm³/mol. The molecule has 2 N–H and O–H groups in total. The van der Waals surface area contributed by atoms with Crippen molar-refractivity contribution in [1.29, 1.82) is 0 Å². The summed E-state index contributed by atoms with van der Waals surface area (Å²) in [6.45, 7) is 2.12. The maximum Gasteiger partial charge on any atom is 0.145 e. The fourth-order valence-corrected chi connectivity index (χ4v) is 1.94. The molecule has 3 nitrogen and oxygen atoms in total. The summed E-state index contributed by atoms with van der Waals surface area (Å²) in [4.78, 5) is 0. The normalized spacial score (nSPS) is 10.5. The van der Waals surface area contributed by atoms with Gasteiger partial charge in [-0.05, 0) is 30.2 Å². The Hall–Kier alpha value is -1.29. The van der Waals surface area contributed by atoms with Crippen molar-refractivity contribution < 1.29 is 0 Å². The Balaban J connectivity index is 2.52. The van der Waals surface area contributed by atoms with Crippen LogP contribution >= 0.6 is 15.9 Å². The Labute approximate surface area is 97.0 Å². The molecule has 0 aliphatic rings. The van der Waals surface area contributed by atoms with E-state index in [4.69, 9.17) is 5.73 Å². The minimum absolute atomic E-state index is 0.542. The molecule has 0 aliphatic carbocycles. The SMILES string of the molecule is CCc1cc(Br)ccc1-n1ccc(N)n1. The van der Waals surface area contributed by atoms with Crippen LogP contribution in [0.5, 0.6) is 0 Å². The van der Waals surface area contributed by atoms with Gasteiger partial charge in [0.1, 0.15) is 5.82 Å². The van der Waals surface area contributed by atoms with Gasteiger partial charge in [-0.25, -0.2) is 4.68 Å². The summed E-state index contributed by atoms with van der Waals surface area (Å²) in [5.41, 5.74) is 7.92. The van der Waals surface area contributed by atoms with Crippen LogP contribution < -0.4 is 5.73 Å². The highest BCUT2D eigenvalue weighted by molar-refractivity contribution is 9.10. The van der Waals surface area contributed by atoms with Crippen LogP contribution in [0.25, 0.3) is 5.69 Å². The maximum absolute atomic E-state index is 5.60. The van der Waals surface area contributed by atoms with Gasteiger partial charge in [0.2, 0.25) is 0 Å². The monoisotopic (exact) mass is 265 g/mol. The lowest BCUT2D eigenvalue weighted by Crippen LogP contribution is -2.00. The minimum atomic E-state index is 0.542. The summed E-state index contributed by atoms with van der Waals surface area (Å²) < 4.78 is 2.89. The highest BCUT2D eigenvalue weighted by atomic mass is 79.9. The van der Waals surface area contributed by atoms with E-state index in [9.17, 15) is 0 Å². The molecule has 0 saturated heterocycles. The average Bonchev–Trinajstić information content (AvgIpc) is 2.64. The zero-order chi connectivity index (χ0) is 10.8. The van der Waals surface area contributed by atoms with Crippen LogP contribution in [0.15, 0.2) is 34.9 Å². The zero-order valence-electron chi connectivity index (χ0n) is 8.44. The van der Waals surface area contributed by atoms with Gasteiger partial charge in [0.15, 0.2) is 0 Å². The summed E-state index contributed by atoms with van der Waals surface area (Å²) >= 11 is 3.46. The summed E-state index contributed by atoms with van der Waals surface area (Å²) in [5, 5.41) is 4.20. The summed E-state index contributed by atoms with van der Waals surface area (Å²) in [5.74, 6) is 0.542. The number of halogens is 1. The van der Waals surface area contributed by atoms with Crippen LogP contribution in [0.4, 0.5) is 5.82 Å². The first-order chi connectivity index (χ1) is 7.20. The Kier molecular flexibility index (Phi) is 2.77. The third-order valence-corrected chi connectivity index (χ3v) is 2.77. The van der Waals surface area contributed by atoms with Crippen molar-refractivity contribution in [2.75, 3.05) is 5.73 Å². The molecule has 0 atom stereocenters. The first-order valence-electron chi connectivity index (χ1n) is 4.80. The Bertz CT molecular complexity index is 476. The molecular weight excluding hydrogens is 254 g/mol. The van der Waals surface area contributed by atoms with Crippen LogP contribution in [-0.4, -0.2) is 9.78 Å². The lowest BCUT2D eigenvalue weighted by Gasteiger charge is -2.07. The molecule has 2 rings (SSSR count). The maximum atomic E-state index is 5.60. The van der Waals surface area contributed by atoms with E-state index < -0.39 is 0 Å². The zero-order valence-corrected chi connectivity index (χ0v) is 10.0. The largest absolute Gasteiger partial charge is 0.382 e. The molecule has 1 aromatic heterocycles. The van der Waals surface area contributed by atoms with Crippen molar-refractivity contribution in [3.05, 3.63) is 40.5 Å². The lowest BCUT2D eigenvalue weighted by atomic mass is 10.1. The van der Waals surface area contributed by atoms with Crippen molar-refractivity contribution in [3.63, 3.8) is 0 Å². The topological polar surface area (TPSA) is 43.8 Å². The van der Waals surface area contributed by atoms with Crippen LogP contribution in [0, 0.1) is 0 Å². The molecule has 0 bridgehead atoms. The number of nitrogens with zero attached hydrogens (tertiary/aromatic N) is 2. The van der Waals surface area contributed by atoms with Crippen molar-refractivity contribution >= 4 is 21.7 Å². The second-order valence-electron chi connectivity index (χ2n) is 3.31. The molecule has 1 aromatic carbocycles. The smallest absolute Gasteiger partial charge is 0.145 e. The summed E-state index contributed by atoms with van der Waals surface area (Å²) in [6.07, 6.45) is 2.84. The third-order valence-electron chi connectivity index (χ3n) is 2.28. The van der Waals surface area contributed by atoms with Gasteiger partial charge in [-0.1, -0.05) is 22.9 Å². The average molecular weight is 266 g/mol. The van der Waals surface area contributed by atoms with Gasteiger partial charge in [0.25, 0.3) is 0 Å². The van der Waals surface area contributed by atoms with E-state index >= 15 is 0 Å². The van der Waals surface area contributed by atoms with Crippen molar-refractivity contribution in [2.24, 2.45) is 0 Å². The standard InChI is InChI=1S/C11H12BrN3/c1-2-8-7-9(12)3-4-10(8)15-6-5-11(13)14-15/h3-7H,2H2,1H3,(H2,13,14). The van der Waals surface area contributed by atoms with E-state index in [1.165, 1.54) is 5.56 Å². The number of aromatic nitrogens is 2. The van der Waals surface area contributed by atoms with Crippen LogP contribution in [0.1, 0.15) is 12.5 Å². The molecule has 1 heterocycles. The molecule has 0 radical (unpaired) electrons. The Morgan fingerprint density at radius 3 is 2.80 bits per heavy atom. The van der Waals surface area contributed by atoms with Gasteiger partial charge >= 0.3 is 0 Å². The van der Waals surface area contributed by atoms with E-state index in [0.29, 0.717) is 5.82 Å². The highest BCUT2D eigenvalue weighted by Crippen LogP contribution is 2.20. The fourth-order valence-electron chi connectivity index (χ4n) is 1.53. The number of aryl methyl sites for hydroxylation is 1. The third kappa shape index (κ3) is 2.04. The Morgan fingerprint density at radius 2 is 2.20 bits per heavy atom. The van der Waals surface area contributed by atoms with Gasteiger partial charge in [-0.3, -0.25) is 0 Å². The fraction of sp³-hybridized carbons (Fsp3) is 0.182. The molecule has 15 heavy (non-hydrogen) atoms. The van der Waals surface area contributed by atoms with Crippen LogP contribution in [-0.2, 0) is 6.42 Å². The Morgan fingerprint density at radius 1 is 1.40 bits per heavy atom. The van der Waals surface area contributed by atoms with Gasteiger partial charge in [-0.2, -0.15) is 5.10 Å².